The minimum Gasteiger partial charge on any atom is -0.508 e. The Morgan fingerprint density at radius 2 is 1.89 bits per heavy atom. The Balaban J connectivity index is 2.74. The van der Waals surface area contributed by atoms with Crippen LogP contribution in [-0.4, -0.2) is 30.1 Å². The van der Waals surface area contributed by atoms with E-state index in [1.54, 1.807) is 12.1 Å². The normalized spacial score (nSPS) is 9.89. The third-order valence-corrected chi connectivity index (χ3v) is 2.30. The summed E-state index contributed by atoms with van der Waals surface area (Å²) in [5.74, 6) is -0.593. The number of esters is 1. The molecule has 1 aromatic carbocycles. The maximum atomic E-state index is 11.5. The van der Waals surface area contributed by atoms with Gasteiger partial charge in [-0.05, 0) is 30.7 Å². The van der Waals surface area contributed by atoms with Crippen molar-refractivity contribution in [1.29, 1.82) is 0 Å². The molecule has 0 bridgehead atoms. The second kappa shape index (κ2) is 6.64. The molecule has 1 aromatic rings. The molecule has 98 valence electrons. The zero-order valence-electron chi connectivity index (χ0n) is 10.5. The number of ether oxygens (including phenoxy) is 1. The highest BCUT2D eigenvalue weighted by molar-refractivity contribution is 5.96. The maximum absolute atomic E-state index is 11.5. The average molecular weight is 251 g/mol. The third-order valence-electron chi connectivity index (χ3n) is 2.30. The van der Waals surface area contributed by atoms with E-state index in [1.807, 2.05) is 6.92 Å². The standard InChI is InChI=1S/C13H17NO4/c1-3-8-18-13(17)9-14(10(2)15)11-4-6-12(16)7-5-11/h4-7,16H,3,8-9H2,1-2H3. The molecule has 5 heteroatoms. The number of hydrogen-bond acceptors (Lipinski definition) is 4. The molecule has 0 aromatic heterocycles. The van der Waals surface area contributed by atoms with Gasteiger partial charge in [-0.2, -0.15) is 0 Å². The quantitative estimate of drug-likeness (QED) is 0.809. The number of hydrogen-bond donors (Lipinski definition) is 1. The van der Waals surface area contributed by atoms with Crippen LogP contribution in [0.2, 0.25) is 0 Å². The van der Waals surface area contributed by atoms with Crippen LogP contribution in [0.3, 0.4) is 0 Å². The van der Waals surface area contributed by atoms with Crippen LogP contribution < -0.4 is 4.90 Å². The molecule has 1 N–H and O–H groups in total. The van der Waals surface area contributed by atoms with Crippen LogP contribution in [0.4, 0.5) is 5.69 Å². The summed E-state index contributed by atoms with van der Waals surface area (Å²) in [6.45, 7) is 3.50. The highest BCUT2D eigenvalue weighted by Crippen LogP contribution is 2.18. The number of phenolic OH excluding ortho intramolecular Hbond substituents is 1. The average Bonchev–Trinajstić information content (AvgIpc) is 2.34. The second-order valence-electron chi connectivity index (χ2n) is 3.84. The van der Waals surface area contributed by atoms with Gasteiger partial charge in [0.1, 0.15) is 12.3 Å². The lowest BCUT2D eigenvalue weighted by molar-refractivity contribution is -0.142. The minimum atomic E-state index is -0.444. The summed E-state index contributed by atoms with van der Waals surface area (Å²) in [4.78, 5) is 24.3. The lowest BCUT2D eigenvalue weighted by Crippen LogP contribution is -2.34. The molecule has 0 unspecified atom stereocenters. The van der Waals surface area contributed by atoms with Crippen molar-refractivity contribution >= 4 is 17.6 Å². The molecule has 0 heterocycles. The summed E-state index contributed by atoms with van der Waals surface area (Å²) >= 11 is 0. The van der Waals surface area contributed by atoms with Gasteiger partial charge in [-0.25, -0.2) is 0 Å². The number of amides is 1. The van der Waals surface area contributed by atoms with Crippen molar-refractivity contribution in [2.45, 2.75) is 20.3 Å². The molecule has 1 amide bonds. The van der Waals surface area contributed by atoms with Crippen LogP contribution in [0.5, 0.6) is 5.75 Å². The van der Waals surface area contributed by atoms with Crippen molar-refractivity contribution in [3.05, 3.63) is 24.3 Å². The molecule has 0 radical (unpaired) electrons. The first kappa shape index (κ1) is 14.0. The van der Waals surface area contributed by atoms with Crippen LogP contribution >= 0.6 is 0 Å². The molecule has 5 nitrogen and oxygen atoms in total. The van der Waals surface area contributed by atoms with Gasteiger partial charge in [-0.15, -0.1) is 0 Å². The lowest BCUT2D eigenvalue weighted by atomic mass is 10.2. The van der Waals surface area contributed by atoms with E-state index >= 15 is 0 Å². The first-order chi connectivity index (χ1) is 8.54. The summed E-state index contributed by atoms with van der Waals surface area (Å²) in [6.07, 6.45) is 0.741. The fourth-order valence-electron chi connectivity index (χ4n) is 1.41. The summed E-state index contributed by atoms with van der Waals surface area (Å²) in [6, 6.07) is 6.07. The number of carbonyl (C=O) groups excluding carboxylic acids is 2. The predicted molar refractivity (Wildman–Crippen MR) is 67.4 cm³/mol. The number of carbonyl (C=O) groups is 2. The van der Waals surface area contributed by atoms with Crippen LogP contribution in [0, 0.1) is 0 Å². The molecule has 0 aliphatic carbocycles. The van der Waals surface area contributed by atoms with Gasteiger partial charge < -0.3 is 14.7 Å². The topological polar surface area (TPSA) is 66.8 Å². The van der Waals surface area contributed by atoms with E-state index in [0.717, 1.165) is 6.42 Å². The Kier molecular flexibility index (Phi) is 5.17. The van der Waals surface area contributed by atoms with Crippen molar-refractivity contribution in [3.8, 4) is 5.75 Å². The third kappa shape index (κ3) is 4.08. The predicted octanol–water partition coefficient (Wildman–Crippen LogP) is 1.70. The van der Waals surface area contributed by atoms with E-state index in [1.165, 1.54) is 24.0 Å². The summed E-state index contributed by atoms with van der Waals surface area (Å²) in [7, 11) is 0. The molecule has 0 saturated carbocycles. The van der Waals surface area contributed by atoms with Gasteiger partial charge in [0.15, 0.2) is 0 Å². The van der Waals surface area contributed by atoms with Crippen LogP contribution in [0.1, 0.15) is 20.3 Å². The van der Waals surface area contributed by atoms with Gasteiger partial charge >= 0.3 is 5.97 Å². The number of rotatable bonds is 5. The largest absolute Gasteiger partial charge is 0.508 e. The summed E-state index contributed by atoms with van der Waals surface area (Å²) in [5, 5.41) is 9.18. The van der Waals surface area contributed by atoms with E-state index in [-0.39, 0.29) is 18.2 Å². The fraction of sp³-hybridized carbons (Fsp3) is 0.385. The number of anilines is 1. The van der Waals surface area contributed by atoms with Crippen molar-refractivity contribution in [2.24, 2.45) is 0 Å². The van der Waals surface area contributed by atoms with Crippen molar-refractivity contribution < 1.29 is 19.4 Å². The summed E-state index contributed by atoms with van der Waals surface area (Å²) in [5.41, 5.74) is 0.550. The van der Waals surface area contributed by atoms with E-state index in [2.05, 4.69) is 0 Å². The zero-order valence-corrected chi connectivity index (χ0v) is 10.5. The van der Waals surface area contributed by atoms with E-state index in [0.29, 0.717) is 12.3 Å². The number of benzene rings is 1. The van der Waals surface area contributed by atoms with Gasteiger partial charge in [0.2, 0.25) is 5.91 Å². The lowest BCUT2D eigenvalue weighted by Gasteiger charge is -2.20. The maximum Gasteiger partial charge on any atom is 0.326 e. The van der Waals surface area contributed by atoms with Gasteiger partial charge in [0, 0.05) is 12.6 Å². The Hall–Kier alpha value is -2.04. The van der Waals surface area contributed by atoms with Crippen molar-refractivity contribution in [2.75, 3.05) is 18.1 Å². The second-order valence-corrected chi connectivity index (χ2v) is 3.84. The monoisotopic (exact) mass is 251 g/mol. The van der Waals surface area contributed by atoms with E-state index in [9.17, 15) is 14.7 Å². The van der Waals surface area contributed by atoms with Gasteiger partial charge in [0.25, 0.3) is 0 Å². The smallest absolute Gasteiger partial charge is 0.326 e. The molecule has 0 saturated heterocycles. The van der Waals surface area contributed by atoms with Crippen molar-refractivity contribution in [3.63, 3.8) is 0 Å². The molecule has 0 aliphatic rings. The molecule has 1 rings (SSSR count). The molecular formula is C13H17NO4. The highest BCUT2D eigenvalue weighted by Gasteiger charge is 2.16. The molecule has 0 spiro atoms. The van der Waals surface area contributed by atoms with Gasteiger partial charge in [0.05, 0.1) is 6.61 Å². The molecule has 18 heavy (non-hydrogen) atoms. The Labute approximate surface area is 106 Å². The van der Waals surface area contributed by atoms with Crippen LogP contribution in [0.25, 0.3) is 0 Å². The first-order valence-electron chi connectivity index (χ1n) is 5.77. The Morgan fingerprint density at radius 3 is 2.39 bits per heavy atom. The highest BCUT2D eigenvalue weighted by atomic mass is 16.5. The molecule has 0 atom stereocenters. The van der Waals surface area contributed by atoms with Gasteiger partial charge in [-0.3, -0.25) is 9.59 Å². The molecule has 0 aliphatic heterocycles. The number of phenols is 1. The van der Waals surface area contributed by atoms with E-state index < -0.39 is 5.97 Å². The van der Waals surface area contributed by atoms with Crippen LogP contribution in [-0.2, 0) is 14.3 Å². The fourth-order valence-corrected chi connectivity index (χ4v) is 1.41. The van der Waals surface area contributed by atoms with Crippen LogP contribution in [0.15, 0.2) is 24.3 Å². The summed E-state index contributed by atoms with van der Waals surface area (Å²) < 4.78 is 4.93. The van der Waals surface area contributed by atoms with E-state index in [4.69, 9.17) is 4.74 Å². The SMILES string of the molecule is CCCOC(=O)CN(C(C)=O)c1ccc(O)cc1. The number of nitrogens with zero attached hydrogens (tertiary/aromatic N) is 1. The molecular weight excluding hydrogens is 234 g/mol. The zero-order chi connectivity index (χ0) is 13.5. The minimum absolute atomic E-state index is 0.107. The Morgan fingerprint density at radius 1 is 1.28 bits per heavy atom. The van der Waals surface area contributed by atoms with Gasteiger partial charge in [-0.1, -0.05) is 6.92 Å². The molecule has 0 fully saturated rings. The Bertz CT molecular complexity index is 414. The number of aromatic hydroxyl groups is 1. The first-order valence-corrected chi connectivity index (χ1v) is 5.77. The van der Waals surface area contributed by atoms with Crippen molar-refractivity contribution in [1.82, 2.24) is 0 Å².